The van der Waals surface area contributed by atoms with Gasteiger partial charge in [0.05, 0.1) is 15.4 Å². The second-order valence-electron chi connectivity index (χ2n) is 4.78. The Morgan fingerprint density at radius 3 is 2.12 bits per heavy atom. The lowest BCUT2D eigenvalue weighted by Gasteiger charge is -2.09. The fourth-order valence-corrected chi connectivity index (χ4v) is 2.44. The lowest BCUT2D eigenvalue weighted by Crippen LogP contribution is -2.04. The van der Waals surface area contributed by atoms with E-state index in [-0.39, 0.29) is 16.4 Å². The van der Waals surface area contributed by atoms with Gasteiger partial charge in [-0.05, 0) is 36.4 Å². The van der Waals surface area contributed by atoms with Crippen molar-refractivity contribution < 1.29 is 31.2 Å². The first kappa shape index (κ1) is 17.7. The predicted molar refractivity (Wildman–Crippen MR) is 77.7 cm³/mol. The minimum absolute atomic E-state index is 0.0572. The predicted octanol–water partition coefficient (Wildman–Crippen LogP) is 3.81. The third kappa shape index (κ3) is 4.02. The van der Waals surface area contributed by atoms with E-state index in [1.807, 2.05) is 0 Å². The molecule has 0 heterocycles. The van der Waals surface area contributed by atoms with Gasteiger partial charge in [0, 0.05) is 12.3 Å². The number of nitro benzene ring substituents is 1. The lowest BCUT2D eigenvalue weighted by atomic mass is 10.2. The number of sulfone groups is 1. The van der Waals surface area contributed by atoms with Crippen LogP contribution >= 0.6 is 0 Å². The van der Waals surface area contributed by atoms with Gasteiger partial charge in [-0.1, -0.05) is 0 Å². The Balaban J connectivity index is 2.37. The molecule has 0 fully saturated rings. The molecule has 2 rings (SSSR count). The van der Waals surface area contributed by atoms with E-state index >= 15 is 0 Å². The number of alkyl halides is 3. The van der Waals surface area contributed by atoms with Crippen LogP contribution in [-0.4, -0.2) is 19.6 Å². The van der Waals surface area contributed by atoms with Crippen molar-refractivity contribution in [3.8, 4) is 11.5 Å². The highest BCUT2D eigenvalue weighted by Gasteiger charge is 2.30. The van der Waals surface area contributed by atoms with E-state index in [1.54, 1.807) is 0 Å². The van der Waals surface area contributed by atoms with E-state index in [4.69, 9.17) is 4.74 Å². The van der Waals surface area contributed by atoms with Crippen LogP contribution in [0, 0.1) is 10.1 Å². The Morgan fingerprint density at radius 2 is 1.67 bits per heavy atom. The molecule has 0 bridgehead atoms. The summed E-state index contributed by atoms with van der Waals surface area (Å²) in [4.78, 5) is 9.95. The molecule has 0 aliphatic heterocycles. The molecule has 10 heteroatoms. The molecule has 0 unspecified atom stereocenters. The van der Waals surface area contributed by atoms with Crippen LogP contribution in [0.15, 0.2) is 47.4 Å². The van der Waals surface area contributed by atoms with Crippen molar-refractivity contribution in [2.75, 3.05) is 6.26 Å². The standard InChI is InChI=1S/C14H10F3NO5S/c1-24(21,22)11-6-7-13(12(8-11)18(19)20)23-10-4-2-9(3-5-10)14(15,16)17/h2-8H,1H3. The molecule has 0 atom stereocenters. The topological polar surface area (TPSA) is 86.5 Å². The summed E-state index contributed by atoms with van der Waals surface area (Å²) in [6, 6.07) is 6.58. The van der Waals surface area contributed by atoms with Crippen molar-refractivity contribution in [3.05, 3.63) is 58.1 Å². The summed E-state index contributed by atoms with van der Waals surface area (Å²) in [5.41, 5.74) is -1.51. The SMILES string of the molecule is CS(=O)(=O)c1ccc(Oc2ccc(C(F)(F)F)cc2)c([N+](=O)[O-])c1. The molecule has 2 aromatic carbocycles. The number of benzene rings is 2. The molecule has 0 amide bonds. The van der Waals surface area contributed by atoms with Gasteiger partial charge in [-0.15, -0.1) is 0 Å². The second kappa shape index (κ2) is 6.11. The van der Waals surface area contributed by atoms with Gasteiger partial charge in [-0.2, -0.15) is 13.2 Å². The van der Waals surface area contributed by atoms with E-state index in [1.165, 1.54) is 0 Å². The summed E-state index contributed by atoms with van der Waals surface area (Å²) >= 11 is 0. The van der Waals surface area contributed by atoms with Crippen LogP contribution in [0.5, 0.6) is 11.5 Å². The average Bonchev–Trinajstić information content (AvgIpc) is 2.46. The minimum Gasteiger partial charge on any atom is -0.450 e. The molecule has 0 spiro atoms. The molecule has 2 aromatic rings. The fourth-order valence-electron chi connectivity index (χ4n) is 1.80. The van der Waals surface area contributed by atoms with Crippen molar-refractivity contribution in [1.29, 1.82) is 0 Å². The first-order chi connectivity index (χ1) is 11.0. The minimum atomic E-state index is -4.51. The van der Waals surface area contributed by atoms with Gasteiger partial charge in [0.1, 0.15) is 5.75 Å². The average molecular weight is 361 g/mol. The molecular weight excluding hydrogens is 351 g/mol. The molecule has 0 saturated carbocycles. The quantitative estimate of drug-likeness (QED) is 0.610. The maximum Gasteiger partial charge on any atom is 0.416 e. The van der Waals surface area contributed by atoms with Crippen LogP contribution in [-0.2, 0) is 16.0 Å². The number of nitro groups is 1. The van der Waals surface area contributed by atoms with Crippen molar-refractivity contribution in [1.82, 2.24) is 0 Å². The first-order valence-corrected chi connectivity index (χ1v) is 8.21. The van der Waals surface area contributed by atoms with Crippen molar-refractivity contribution in [2.24, 2.45) is 0 Å². The van der Waals surface area contributed by atoms with Gasteiger partial charge >= 0.3 is 11.9 Å². The van der Waals surface area contributed by atoms with Gasteiger partial charge in [0.2, 0.25) is 5.75 Å². The van der Waals surface area contributed by atoms with E-state index in [0.29, 0.717) is 0 Å². The molecule has 0 aliphatic rings. The zero-order valence-electron chi connectivity index (χ0n) is 12.1. The Morgan fingerprint density at radius 1 is 1.08 bits per heavy atom. The number of nitrogens with zero attached hydrogens (tertiary/aromatic N) is 1. The van der Waals surface area contributed by atoms with Crippen molar-refractivity contribution in [2.45, 2.75) is 11.1 Å². The lowest BCUT2D eigenvalue weighted by molar-refractivity contribution is -0.385. The number of ether oxygens (including phenoxy) is 1. The van der Waals surface area contributed by atoms with Crippen LogP contribution in [0.3, 0.4) is 0 Å². The van der Waals surface area contributed by atoms with Gasteiger partial charge in [-0.3, -0.25) is 10.1 Å². The van der Waals surface area contributed by atoms with Crippen LogP contribution in [0.1, 0.15) is 5.56 Å². The molecule has 0 N–H and O–H groups in total. The van der Waals surface area contributed by atoms with Gasteiger partial charge < -0.3 is 4.74 Å². The monoisotopic (exact) mass is 361 g/mol. The summed E-state index contributed by atoms with van der Waals surface area (Å²) in [5.74, 6) is -0.342. The molecule has 24 heavy (non-hydrogen) atoms. The Kier molecular flexibility index (Phi) is 4.52. The molecule has 0 aliphatic carbocycles. The molecule has 0 saturated heterocycles. The molecule has 6 nitrogen and oxygen atoms in total. The maximum atomic E-state index is 12.5. The van der Waals surface area contributed by atoms with E-state index in [9.17, 15) is 31.7 Å². The van der Waals surface area contributed by atoms with E-state index in [2.05, 4.69) is 0 Å². The first-order valence-electron chi connectivity index (χ1n) is 6.32. The van der Waals surface area contributed by atoms with Crippen LogP contribution in [0.2, 0.25) is 0 Å². The summed E-state index contributed by atoms with van der Waals surface area (Å²) in [6.07, 6.45) is -3.62. The number of hydrogen-bond donors (Lipinski definition) is 0. The molecule has 0 radical (unpaired) electrons. The molecular formula is C14H10F3NO5S. The van der Waals surface area contributed by atoms with E-state index < -0.39 is 32.2 Å². The number of halogens is 3. The number of hydrogen-bond acceptors (Lipinski definition) is 5. The Bertz CT molecular complexity index is 876. The smallest absolute Gasteiger partial charge is 0.416 e. The zero-order chi connectivity index (χ0) is 18.1. The highest BCUT2D eigenvalue weighted by molar-refractivity contribution is 7.90. The van der Waals surface area contributed by atoms with Crippen molar-refractivity contribution in [3.63, 3.8) is 0 Å². The third-order valence-corrected chi connectivity index (χ3v) is 4.07. The maximum absolute atomic E-state index is 12.5. The highest BCUT2D eigenvalue weighted by atomic mass is 32.2. The highest BCUT2D eigenvalue weighted by Crippen LogP contribution is 2.35. The molecule has 128 valence electrons. The van der Waals surface area contributed by atoms with E-state index in [0.717, 1.165) is 48.7 Å². The van der Waals surface area contributed by atoms with Crippen molar-refractivity contribution >= 4 is 15.5 Å². The second-order valence-corrected chi connectivity index (χ2v) is 6.80. The Labute approximate surface area is 134 Å². The summed E-state index contributed by atoms with van der Waals surface area (Å²) in [5, 5.41) is 11.1. The summed E-state index contributed by atoms with van der Waals surface area (Å²) < 4.78 is 65.5. The largest absolute Gasteiger partial charge is 0.450 e. The normalized spacial score (nSPS) is 12.0. The van der Waals surface area contributed by atoms with Gasteiger partial charge in [-0.25, -0.2) is 8.42 Å². The van der Waals surface area contributed by atoms with Crippen LogP contribution in [0.4, 0.5) is 18.9 Å². The Hall–Kier alpha value is -2.62. The number of rotatable bonds is 4. The van der Waals surface area contributed by atoms with Crippen LogP contribution in [0.25, 0.3) is 0 Å². The third-order valence-electron chi connectivity index (χ3n) is 2.96. The fraction of sp³-hybridized carbons (Fsp3) is 0.143. The van der Waals surface area contributed by atoms with Crippen LogP contribution < -0.4 is 4.74 Å². The summed E-state index contributed by atoms with van der Waals surface area (Å²) in [7, 11) is -3.66. The van der Waals surface area contributed by atoms with Gasteiger partial charge in [0.15, 0.2) is 9.84 Å². The molecule has 0 aromatic heterocycles. The zero-order valence-corrected chi connectivity index (χ0v) is 12.9. The summed E-state index contributed by atoms with van der Waals surface area (Å²) in [6.45, 7) is 0. The van der Waals surface area contributed by atoms with Gasteiger partial charge in [0.25, 0.3) is 0 Å².